The number of nitrogens with zero attached hydrogens (tertiary/aromatic N) is 2. The van der Waals surface area contributed by atoms with Crippen molar-refractivity contribution in [1.82, 2.24) is 4.90 Å². The van der Waals surface area contributed by atoms with E-state index in [2.05, 4.69) is 9.80 Å². The average Bonchev–Trinajstić information content (AvgIpc) is 2.92. The first-order chi connectivity index (χ1) is 13.9. The predicted octanol–water partition coefficient (Wildman–Crippen LogP) is 2.88. The van der Waals surface area contributed by atoms with Gasteiger partial charge in [-0.25, -0.2) is 4.79 Å². The molecule has 10 heteroatoms. The van der Waals surface area contributed by atoms with Crippen molar-refractivity contribution in [3.8, 4) is 5.75 Å². The number of piperazine rings is 1. The van der Waals surface area contributed by atoms with Crippen LogP contribution in [0.1, 0.15) is 26.7 Å². The fraction of sp³-hybridized carbons (Fsp3) is 0.600. The van der Waals surface area contributed by atoms with E-state index in [-0.39, 0.29) is 17.5 Å². The van der Waals surface area contributed by atoms with Crippen LogP contribution in [0, 0.1) is 5.41 Å². The van der Waals surface area contributed by atoms with Crippen molar-refractivity contribution < 1.29 is 37.7 Å². The van der Waals surface area contributed by atoms with Gasteiger partial charge in [-0.3, -0.25) is 9.69 Å². The highest BCUT2D eigenvalue weighted by atomic mass is 19.4. The molecule has 2 heterocycles. The highest BCUT2D eigenvalue weighted by Crippen LogP contribution is 2.34. The van der Waals surface area contributed by atoms with Crippen molar-refractivity contribution in [1.29, 1.82) is 0 Å². The number of esters is 1. The molecule has 2 saturated heterocycles. The molecule has 0 amide bonds. The number of carboxylic acids is 1. The van der Waals surface area contributed by atoms with Gasteiger partial charge in [0, 0.05) is 44.5 Å². The molecular formula is C20H27F3N2O5. The van der Waals surface area contributed by atoms with Crippen LogP contribution < -0.4 is 4.90 Å². The van der Waals surface area contributed by atoms with Crippen LogP contribution in [0.2, 0.25) is 0 Å². The largest absolute Gasteiger partial charge is 0.508 e. The van der Waals surface area contributed by atoms with E-state index in [0.29, 0.717) is 5.75 Å². The Labute approximate surface area is 173 Å². The fourth-order valence-corrected chi connectivity index (χ4v) is 3.41. The number of carbonyl (C=O) groups is 2. The molecule has 30 heavy (non-hydrogen) atoms. The van der Waals surface area contributed by atoms with Crippen molar-refractivity contribution >= 4 is 17.6 Å². The van der Waals surface area contributed by atoms with Crippen molar-refractivity contribution in [2.75, 3.05) is 37.6 Å². The Hall–Kier alpha value is -2.49. The molecule has 2 N–H and O–H groups in total. The number of hydrogen-bond donors (Lipinski definition) is 2. The van der Waals surface area contributed by atoms with Gasteiger partial charge in [-0.05, 0) is 38.8 Å². The third-order valence-corrected chi connectivity index (χ3v) is 5.14. The molecule has 1 aromatic carbocycles. The Morgan fingerprint density at radius 2 is 1.83 bits per heavy atom. The molecule has 0 unspecified atom stereocenters. The summed E-state index contributed by atoms with van der Waals surface area (Å²) >= 11 is 0. The van der Waals surface area contributed by atoms with Crippen LogP contribution in [-0.4, -0.2) is 72.1 Å². The number of halogens is 3. The van der Waals surface area contributed by atoms with E-state index in [1.54, 1.807) is 6.07 Å². The van der Waals surface area contributed by atoms with E-state index in [9.17, 15) is 23.1 Å². The maximum absolute atomic E-state index is 11.7. The first kappa shape index (κ1) is 23.8. The Kier molecular flexibility index (Phi) is 7.57. The molecular weight excluding hydrogens is 405 g/mol. The third-order valence-electron chi connectivity index (χ3n) is 5.14. The molecule has 3 rings (SSSR count). The number of aliphatic carboxylic acids is 1. The number of carboxylic acid groups (broad SMARTS) is 1. The Morgan fingerprint density at radius 3 is 2.30 bits per heavy atom. The van der Waals surface area contributed by atoms with Crippen molar-refractivity contribution in [2.45, 2.75) is 39.0 Å². The van der Waals surface area contributed by atoms with Gasteiger partial charge < -0.3 is 19.8 Å². The second kappa shape index (κ2) is 9.55. The third kappa shape index (κ3) is 6.79. The van der Waals surface area contributed by atoms with E-state index >= 15 is 0 Å². The van der Waals surface area contributed by atoms with Crippen LogP contribution in [0.5, 0.6) is 5.75 Å². The van der Waals surface area contributed by atoms with Crippen LogP contribution in [-0.2, 0) is 14.3 Å². The van der Waals surface area contributed by atoms with E-state index in [1.807, 2.05) is 32.0 Å². The van der Waals surface area contributed by atoms with Crippen LogP contribution in [0.4, 0.5) is 18.9 Å². The number of aromatic hydroxyl groups is 1. The quantitative estimate of drug-likeness (QED) is 0.707. The molecule has 0 bridgehead atoms. The number of phenolic OH excluding ortho intramolecular Hbond substituents is 1. The van der Waals surface area contributed by atoms with Gasteiger partial charge in [0.25, 0.3) is 0 Å². The summed E-state index contributed by atoms with van der Waals surface area (Å²) in [7, 11) is 0. The molecule has 0 saturated carbocycles. The second-order valence-electron chi connectivity index (χ2n) is 8.06. The minimum atomic E-state index is -5.08. The topological polar surface area (TPSA) is 90.3 Å². The standard InChI is InChI=1S/C18H26N2O3.C2HF3O2/c1-18(2)13-16(23-17(18)22)6-7-19-8-10-20(11-9-19)14-4-3-5-15(21)12-14;3-2(4,5)1(6)7/h3-5,12,16,21H,6-11,13H2,1-2H3;(H,6,7)/t16-;/m1./s1. The zero-order chi connectivity index (χ0) is 22.5. The number of hydrogen-bond acceptors (Lipinski definition) is 6. The van der Waals surface area contributed by atoms with Crippen LogP contribution in [0.15, 0.2) is 24.3 Å². The molecule has 0 spiro atoms. The molecule has 2 fully saturated rings. The molecule has 168 valence electrons. The highest BCUT2D eigenvalue weighted by Gasteiger charge is 2.41. The molecule has 1 aromatic rings. The molecule has 2 aliphatic heterocycles. The number of benzene rings is 1. The van der Waals surface area contributed by atoms with Gasteiger partial charge in [0.15, 0.2) is 0 Å². The Bertz CT molecular complexity index is 746. The lowest BCUT2D eigenvalue weighted by Gasteiger charge is -2.36. The molecule has 7 nitrogen and oxygen atoms in total. The van der Waals surface area contributed by atoms with E-state index in [0.717, 1.165) is 51.3 Å². The highest BCUT2D eigenvalue weighted by molar-refractivity contribution is 5.78. The van der Waals surface area contributed by atoms with Gasteiger partial charge in [-0.1, -0.05) is 6.07 Å². The average molecular weight is 432 g/mol. The first-order valence-corrected chi connectivity index (χ1v) is 9.66. The van der Waals surface area contributed by atoms with Crippen LogP contribution >= 0.6 is 0 Å². The molecule has 0 aromatic heterocycles. The van der Waals surface area contributed by atoms with Gasteiger partial charge >= 0.3 is 18.1 Å². The smallest absolute Gasteiger partial charge is 0.490 e. The molecule has 0 aliphatic carbocycles. The summed E-state index contributed by atoms with van der Waals surface area (Å²) < 4.78 is 37.2. The lowest BCUT2D eigenvalue weighted by molar-refractivity contribution is -0.192. The second-order valence-corrected chi connectivity index (χ2v) is 8.06. The van der Waals surface area contributed by atoms with Gasteiger partial charge in [-0.2, -0.15) is 13.2 Å². The number of anilines is 1. The maximum Gasteiger partial charge on any atom is 0.490 e. The van der Waals surface area contributed by atoms with Crippen molar-refractivity contribution in [2.24, 2.45) is 5.41 Å². The zero-order valence-electron chi connectivity index (χ0n) is 17.0. The van der Waals surface area contributed by atoms with Gasteiger partial charge in [-0.15, -0.1) is 0 Å². The number of phenols is 1. The first-order valence-electron chi connectivity index (χ1n) is 9.66. The number of cyclic esters (lactones) is 1. The van der Waals surface area contributed by atoms with Crippen molar-refractivity contribution in [3.63, 3.8) is 0 Å². The lowest BCUT2D eigenvalue weighted by atomic mass is 9.89. The van der Waals surface area contributed by atoms with Gasteiger partial charge in [0.2, 0.25) is 0 Å². The predicted molar refractivity (Wildman–Crippen MR) is 103 cm³/mol. The summed E-state index contributed by atoms with van der Waals surface area (Å²) in [5.74, 6) is -2.50. The molecule has 0 radical (unpaired) electrons. The minimum Gasteiger partial charge on any atom is -0.508 e. The van der Waals surface area contributed by atoms with Gasteiger partial charge in [0.1, 0.15) is 11.9 Å². The summed E-state index contributed by atoms with van der Waals surface area (Å²) in [6, 6.07) is 7.43. The summed E-state index contributed by atoms with van der Waals surface area (Å²) in [6.45, 7) is 8.81. The van der Waals surface area contributed by atoms with Gasteiger partial charge in [0.05, 0.1) is 5.41 Å². The Morgan fingerprint density at radius 1 is 1.23 bits per heavy atom. The van der Waals surface area contributed by atoms with E-state index < -0.39 is 12.1 Å². The monoisotopic (exact) mass is 432 g/mol. The minimum absolute atomic E-state index is 0.0591. The van der Waals surface area contributed by atoms with Crippen LogP contribution in [0.3, 0.4) is 0 Å². The molecule has 2 aliphatic rings. The summed E-state index contributed by atoms with van der Waals surface area (Å²) in [5.41, 5.74) is 0.759. The summed E-state index contributed by atoms with van der Waals surface area (Å²) in [5, 5.41) is 16.7. The summed E-state index contributed by atoms with van der Waals surface area (Å²) in [6.07, 6.45) is -3.27. The molecule has 1 atom stereocenters. The Balaban J connectivity index is 0.000000396. The van der Waals surface area contributed by atoms with Crippen molar-refractivity contribution in [3.05, 3.63) is 24.3 Å². The summed E-state index contributed by atoms with van der Waals surface area (Å²) in [4.78, 5) is 25.3. The van der Waals surface area contributed by atoms with E-state index in [4.69, 9.17) is 14.6 Å². The number of rotatable bonds is 4. The maximum atomic E-state index is 11.7. The zero-order valence-corrected chi connectivity index (χ0v) is 17.0. The number of ether oxygens (including phenoxy) is 1. The number of alkyl halides is 3. The van der Waals surface area contributed by atoms with Crippen LogP contribution in [0.25, 0.3) is 0 Å². The van der Waals surface area contributed by atoms with E-state index in [1.165, 1.54) is 0 Å². The normalized spacial score (nSPS) is 21.6. The SMILES string of the molecule is CC1(C)C[C@@H](CCN2CCN(c3cccc(O)c3)CC2)OC1=O.O=C(O)C(F)(F)F. The lowest BCUT2D eigenvalue weighted by Crippen LogP contribution is -2.47. The number of carbonyl (C=O) groups excluding carboxylic acids is 1. The fourth-order valence-electron chi connectivity index (χ4n) is 3.41.